The van der Waals surface area contributed by atoms with Crippen LogP contribution in [0.15, 0.2) is 33.8 Å². The molecule has 0 saturated heterocycles. The number of amides is 1. The van der Waals surface area contributed by atoms with Crippen LogP contribution < -0.4 is 5.43 Å². The van der Waals surface area contributed by atoms with Crippen molar-refractivity contribution < 1.29 is 9.21 Å². The molecule has 0 bridgehead atoms. The topological polar surface area (TPSA) is 54.6 Å². The van der Waals surface area contributed by atoms with Crippen molar-refractivity contribution in [2.24, 2.45) is 5.10 Å². The minimum absolute atomic E-state index is 0.273. The Morgan fingerprint density at radius 3 is 2.74 bits per heavy atom. The van der Waals surface area contributed by atoms with Gasteiger partial charge in [0.15, 0.2) is 5.76 Å². The summed E-state index contributed by atoms with van der Waals surface area (Å²) < 4.78 is 5.23. The molecule has 2 heterocycles. The second-order valence-corrected chi connectivity index (χ2v) is 5.34. The van der Waals surface area contributed by atoms with Crippen molar-refractivity contribution in [1.82, 2.24) is 5.43 Å². The molecule has 2 rings (SSSR count). The molecular weight excluding hydrogens is 260 g/mol. The molecule has 0 saturated carbocycles. The second kappa shape index (κ2) is 5.84. The number of carbonyl (C=O) groups excluding carboxylic acids is 1. The van der Waals surface area contributed by atoms with Gasteiger partial charge in [-0.15, -0.1) is 11.3 Å². The van der Waals surface area contributed by atoms with E-state index in [1.807, 2.05) is 13.0 Å². The number of hydrogen-bond donors (Lipinski definition) is 1. The molecule has 100 valence electrons. The van der Waals surface area contributed by atoms with Crippen LogP contribution in [0.1, 0.15) is 39.9 Å². The molecule has 0 aromatic carbocycles. The van der Waals surface area contributed by atoms with Crippen LogP contribution in [0.2, 0.25) is 0 Å². The maximum Gasteiger partial charge on any atom is 0.307 e. The van der Waals surface area contributed by atoms with E-state index < -0.39 is 0 Å². The van der Waals surface area contributed by atoms with Crippen LogP contribution in [0, 0.1) is 6.92 Å². The molecule has 1 N–H and O–H groups in total. The lowest BCUT2D eigenvalue weighted by Gasteiger charge is -1.98. The van der Waals surface area contributed by atoms with Gasteiger partial charge in [0.05, 0.1) is 10.6 Å². The van der Waals surface area contributed by atoms with Gasteiger partial charge >= 0.3 is 5.91 Å². The summed E-state index contributed by atoms with van der Waals surface area (Å²) in [5.74, 6) is 0.644. The first kappa shape index (κ1) is 13.5. The summed E-state index contributed by atoms with van der Waals surface area (Å²) in [6, 6.07) is 7.48. The van der Waals surface area contributed by atoms with Gasteiger partial charge in [-0.25, -0.2) is 5.43 Å². The number of carbonyl (C=O) groups is 1. The summed E-state index contributed by atoms with van der Waals surface area (Å²) in [6.45, 7) is 5.78. The normalized spacial score (nSPS) is 11.6. The highest BCUT2D eigenvalue weighted by Gasteiger charge is 2.09. The Hall–Kier alpha value is -1.88. The summed E-state index contributed by atoms with van der Waals surface area (Å²) in [7, 11) is 0. The van der Waals surface area contributed by atoms with Crippen LogP contribution >= 0.6 is 11.3 Å². The van der Waals surface area contributed by atoms with E-state index >= 15 is 0 Å². The van der Waals surface area contributed by atoms with Crippen molar-refractivity contribution in [3.05, 3.63) is 45.5 Å². The molecule has 0 fully saturated rings. The maximum atomic E-state index is 11.7. The van der Waals surface area contributed by atoms with Crippen LogP contribution in [0.5, 0.6) is 0 Å². The van der Waals surface area contributed by atoms with Crippen molar-refractivity contribution >= 4 is 23.0 Å². The molecule has 19 heavy (non-hydrogen) atoms. The van der Waals surface area contributed by atoms with Crippen molar-refractivity contribution in [2.75, 3.05) is 0 Å². The highest BCUT2D eigenvalue weighted by molar-refractivity contribution is 7.14. The molecule has 5 heteroatoms. The molecule has 0 aliphatic rings. The zero-order valence-corrected chi connectivity index (χ0v) is 12.0. The molecule has 1 amide bonds. The third-order valence-corrected chi connectivity index (χ3v) is 3.99. The molecule has 0 aliphatic heterocycles. The molecule has 0 aliphatic carbocycles. The number of rotatable bonds is 4. The summed E-state index contributed by atoms with van der Waals surface area (Å²) >= 11 is 1.69. The lowest BCUT2D eigenvalue weighted by molar-refractivity contribution is 0.0926. The van der Waals surface area contributed by atoms with E-state index in [1.54, 1.807) is 30.4 Å². The fraction of sp³-hybridized carbons (Fsp3) is 0.286. The van der Waals surface area contributed by atoms with Gasteiger partial charge in [0.25, 0.3) is 0 Å². The van der Waals surface area contributed by atoms with E-state index in [0.29, 0.717) is 5.76 Å². The smallest absolute Gasteiger partial charge is 0.307 e. The number of nitrogens with one attached hydrogen (secondary N) is 1. The van der Waals surface area contributed by atoms with Crippen molar-refractivity contribution in [2.45, 2.75) is 27.2 Å². The number of thiophene rings is 1. The van der Waals surface area contributed by atoms with Crippen molar-refractivity contribution in [3.8, 4) is 0 Å². The molecule has 0 unspecified atom stereocenters. The number of aryl methyl sites for hydroxylation is 2. The average molecular weight is 276 g/mol. The molecule has 2 aromatic heterocycles. The van der Waals surface area contributed by atoms with Gasteiger partial charge in [-0.1, -0.05) is 6.92 Å². The first-order valence-corrected chi connectivity index (χ1v) is 6.92. The largest absolute Gasteiger partial charge is 0.456 e. The standard InChI is InChI=1S/C14H16N2O2S/c1-4-11-6-8-13(19-11)10(3)15-16-14(17)12-7-5-9(2)18-12/h5-8H,4H2,1-3H3,(H,16,17). The van der Waals surface area contributed by atoms with Gasteiger partial charge in [0.2, 0.25) is 0 Å². The fourth-order valence-corrected chi connectivity index (χ4v) is 2.46. The first-order valence-electron chi connectivity index (χ1n) is 6.10. The monoisotopic (exact) mass is 276 g/mol. The molecule has 2 aromatic rings. The van der Waals surface area contributed by atoms with Gasteiger partial charge in [-0.2, -0.15) is 5.10 Å². The van der Waals surface area contributed by atoms with E-state index in [0.717, 1.165) is 17.0 Å². The Morgan fingerprint density at radius 1 is 1.37 bits per heavy atom. The number of hydrazone groups is 1. The van der Waals surface area contributed by atoms with Crippen molar-refractivity contribution in [3.63, 3.8) is 0 Å². The number of hydrogen-bond acceptors (Lipinski definition) is 4. The Kier molecular flexibility index (Phi) is 4.16. The zero-order chi connectivity index (χ0) is 13.8. The predicted molar refractivity (Wildman–Crippen MR) is 76.8 cm³/mol. The van der Waals surface area contributed by atoms with E-state index in [9.17, 15) is 4.79 Å². The number of furan rings is 1. The average Bonchev–Trinajstić information content (AvgIpc) is 3.04. The van der Waals surface area contributed by atoms with Gasteiger partial charge < -0.3 is 4.42 Å². The molecular formula is C14H16N2O2S. The highest BCUT2D eigenvalue weighted by Crippen LogP contribution is 2.17. The third-order valence-electron chi connectivity index (χ3n) is 2.66. The fourth-order valence-electron chi connectivity index (χ4n) is 1.56. The zero-order valence-electron chi connectivity index (χ0n) is 11.2. The van der Waals surface area contributed by atoms with Gasteiger partial charge in [0, 0.05) is 4.88 Å². The van der Waals surface area contributed by atoms with Crippen LogP contribution in [0.3, 0.4) is 0 Å². The summed E-state index contributed by atoms with van der Waals surface area (Å²) in [5.41, 5.74) is 3.29. The van der Waals surface area contributed by atoms with Gasteiger partial charge in [0.1, 0.15) is 5.76 Å². The van der Waals surface area contributed by atoms with Gasteiger partial charge in [-0.05, 0) is 44.5 Å². The summed E-state index contributed by atoms with van der Waals surface area (Å²) in [6.07, 6.45) is 1.01. The van der Waals surface area contributed by atoms with Gasteiger partial charge in [-0.3, -0.25) is 4.79 Å². The SMILES string of the molecule is CCc1ccc(C(C)=NNC(=O)c2ccc(C)o2)s1. The Balaban J connectivity index is 2.03. The first-order chi connectivity index (χ1) is 9.10. The third kappa shape index (κ3) is 3.32. The lowest BCUT2D eigenvalue weighted by Crippen LogP contribution is -2.18. The highest BCUT2D eigenvalue weighted by atomic mass is 32.1. The Bertz CT molecular complexity index is 610. The van der Waals surface area contributed by atoms with E-state index in [1.165, 1.54) is 4.88 Å². The van der Waals surface area contributed by atoms with Crippen LogP contribution in [0.25, 0.3) is 0 Å². The minimum Gasteiger partial charge on any atom is -0.456 e. The summed E-state index contributed by atoms with van der Waals surface area (Å²) in [5, 5.41) is 4.10. The lowest BCUT2D eigenvalue weighted by atomic mass is 10.3. The quantitative estimate of drug-likeness (QED) is 0.687. The van der Waals surface area contributed by atoms with E-state index in [-0.39, 0.29) is 11.7 Å². The molecule has 4 nitrogen and oxygen atoms in total. The molecule has 0 radical (unpaired) electrons. The molecule has 0 atom stereocenters. The minimum atomic E-state index is -0.334. The molecule has 0 spiro atoms. The maximum absolute atomic E-state index is 11.7. The van der Waals surface area contributed by atoms with Crippen molar-refractivity contribution in [1.29, 1.82) is 0 Å². The Labute approximate surface area is 116 Å². The van der Waals surface area contributed by atoms with E-state index in [2.05, 4.69) is 23.5 Å². The van der Waals surface area contributed by atoms with E-state index in [4.69, 9.17) is 4.42 Å². The van der Waals surface area contributed by atoms with Crippen LogP contribution in [-0.2, 0) is 6.42 Å². The summed E-state index contributed by atoms with van der Waals surface area (Å²) in [4.78, 5) is 14.1. The number of nitrogens with zero attached hydrogens (tertiary/aromatic N) is 1. The second-order valence-electron chi connectivity index (χ2n) is 4.17. The van der Waals surface area contributed by atoms with Crippen LogP contribution in [-0.4, -0.2) is 11.6 Å². The predicted octanol–water partition coefficient (Wildman–Crippen LogP) is 3.37. The Morgan fingerprint density at radius 2 is 2.16 bits per heavy atom. The van der Waals surface area contributed by atoms with Crippen LogP contribution in [0.4, 0.5) is 0 Å².